The summed E-state index contributed by atoms with van der Waals surface area (Å²) in [5, 5.41) is 19.8. The van der Waals surface area contributed by atoms with Gasteiger partial charge in [-0.05, 0) is 81.9 Å². The van der Waals surface area contributed by atoms with Crippen molar-refractivity contribution >= 4 is 22.6 Å². The molecular formula is C30H43N7O. The van der Waals surface area contributed by atoms with Gasteiger partial charge >= 0.3 is 0 Å². The van der Waals surface area contributed by atoms with Gasteiger partial charge in [-0.2, -0.15) is 10.1 Å². The third-order valence-corrected chi connectivity index (χ3v) is 9.88. The molecule has 8 nitrogen and oxygen atoms in total. The van der Waals surface area contributed by atoms with Crippen LogP contribution in [-0.2, 0) is 0 Å². The molecule has 4 fully saturated rings. The molecule has 38 heavy (non-hydrogen) atoms. The summed E-state index contributed by atoms with van der Waals surface area (Å²) in [7, 11) is 2.24. The number of allylic oxidation sites excluding steroid dienone is 3. The van der Waals surface area contributed by atoms with Crippen molar-refractivity contribution in [1.29, 1.82) is 0 Å². The molecule has 5 aliphatic rings. The summed E-state index contributed by atoms with van der Waals surface area (Å²) >= 11 is 0. The molecule has 0 bridgehead atoms. The van der Waals surface area contributed by atoms with E-state index in [9.17, 15) is 5.11 Å². The second kappa shape index (κ2) is 10.0. The zero-order valence-electron chi connectivity index (χ0n) is 22.9. The molecule has 0 radical (unpaired) electrons. The van der Waals surface area contributed by atoms with Gasteiger partial charge in [0.05, 0.1) is 23.2 Å². The molecule has 3 saturated carbocycles. The fourth-order valence-corrected chi connectivity index (χ4v) is 7.01. The van der Waals surface area contributed by atoms with Gasteiger partial charge in [-0.1, -0.05) is 25.0 Å². The summed E-state index contributed by atoms with van der Waals surface area (Å²) in [4.78, 5) is 14.9. The lowest BCUT2D eigenvalue weighted by Crippen LogP contribution is -2.51. The first-order valence-corrected chi connectivity index (χ1v) is 15.1. The van der Waals surface area contributed by atoms with E-state index in [4.69, 9.17) is 15.1 Å². The fourth-order valence-electron chi connectivity index (χ4n) is 7.01. The van der Waals surface area contributed by atoms with E-state index in [1.54, 1.807) is 5.57 Å². The Hall–Kier alpha value is -2.29. The monoisotopic (exact) mass is 517 g/mol. The van der Waals surface area contributed by atoms with Crippen LogP contribution in [0.5, 0.6) is 0 Å². The topological polar surface area (TPSA) is 82.3 Å². The Balaban J connectivity index is 1.17. The van der Waals surface area contributed by atoms with Gasteiger partial charge in [0, 0.05) is 44.5 Å². The zero-order chi connectivity index (χ0) is 25.7. The Kier molecular flexibility index (Phi) is 6.53. The minimum atomic E-state index is -0.179. The molecule has 2 N–H and O–H groups in total. The van der Waals surface area contributed by atoms with Crippen LogP contribution >= 0.6 is 0 Å². The number of fused-ring (bicyclic) bond motifs is 1. The molecule has 2 aromatic heterocycles. The first-order chi connectivity index (χ1) is 18.6. The average molecular weight is 518 g/mol. The Morgan fingerprint density at radius 1 is 1.00 bits per heavy atom. The molecule has 0 atom stereocenters. The highest BCUT2D eigenvalue weighted by Crippen LogP contribution is 2.51. The predicted molar refractivity (Wildman–Crippen MR) is 151 cm³/mol. The third kappa shape index (κ3) is 4.80. The Labute approximate surface area is 226 Å². The number of nitrogens with zero attached hydrogens (tertiary/aromatic N) is 6. The van der Waals surface area contributed by atoms with E-state index in [0.29, 0.717) is 11.5 Å². The van der Waals surface area contributed by atoms with Crippen LogP contribution in [0.1, 0.15) is 82.4 Å². The number of aromatic nitrogens is 4. The van der Waals surface area contributed by atoms with E-state index in [1.165, 1.54) is 63.9 Å². The van der Waals surface area contributed by atoms with Crippen LogP contribution < -0.4 is 5.32 Å². The minimum absolute atomic E-state index is 0.179. The van der Waals surface area contributed by atoms with Gasteiger partial charge in [0.1, 0.15) is 0 Å². The van der Waals surface area contributed by atoms with Crippen molar-refractivity contribution in [2.75, 3.05) is 45.1 Å². The molecule has 0 amide bonds. The maximum absolute atomic E-state index is 10.1. The van der Waals surface area contributed by atoms with Crippen molar-refractivity contribution in [1.82, 2.24) is 29.5 Å². The Morgan fingerprint density at radius 2 is 1.79 bits per heavy atom. The van der Waals surface area contributed by atoms with Crippen LogP contribution in [0.2, 0.25) is 0 Å². The molecule has 204 valence electrons. The Bertz CT molecular complexity index is 1220. The van der Waals surface area contributed by atoms with Crippen molar-refractivity contribution in [2.45, 2.75) is 88.3 Å². The van der Waals surface area contributed by atoms with Crippen LogP contribution in [0.25, 0.3) is 16.6 Å². The number of likely N-dealkylation sites (N-methyl/N-ethyl adjacent to an activating group) is 1. The van der Waals surface area contributed by atoms with Gasteiger partial charge in [0.25, 0.3) is 0 Å². The van der Waals surface area contributed by atoms with Crippen molar-refractivity contribution in [2.24, 2.45) is 5.92 Å². The van der Waals surface area contributed by atoms with Gasteiger partial charge < -0.3 is 15.3 Å². The van der Waals surface area contributed by atoms with Gasteiger partial charge in [0.2, 0.25) is 5.95 Å². The summed E-state index contributed by atoms with van der Waals surface area (Å²) in [6, 6.07) is 0.283. The summed E-state index contributed by atoms with van der Waals surface area (Å²) in [6.45, 7) is 5.65. The number of rotatable bonds is 8. The largest absolute Gasteiger partial charge is 0.393 e. The second-order valence-corrected chi connectivity index (χ2v) is 12.6. The quantitative estimate of drug-likeness (QED) is 0.537. The molecule has 4 aliphatic carbocycles. The number of nitrogens with one attached hydrogen (secondary N) is 1. The summed E-state index contributed by atoms with van der Waals surface area (Å²) in [5.74, 6) is 1.60. The zero-order valence-corrected chi connectivity index (χ0v) is 22.9. The van der Waals surface area contributed by atoms with E-state index in [2.05, 4.69) is 39.0 Å². The number of hydrogen-bond acceptors (Lipinski definition) is 7. The lowest BCUT2D eigenvalue weighted by molar-refractivity contribution is 0.109. The van der Waals surface area contributed by atoms with E-state index >= 15 is 0 Å². The molecule has 8 heteroatoms. The van der Waals surface area contributed by atoms with Crippen LogP contribution in [0.3, 0.4) is 0 Å². The highest BCUT2D eigenvalue weighted by Gasteiger charge is 2.51. The van der Waals surface area contributed by atoms with E-state index in [1.807, 2.05) is 6.20 Å². The van der Waals surface area contributed by atoms with Gasteiger partial charge in [-0.15, -0.1) is 0 Å². The molecule has 7 rings (SSSR count). The fraction of sp³-hybridized carbons (Fsp3) is 0.700. The first-order valence-electron chi connectivity index (χ1n) is 15.1. The van der Waals surface area contributed by atoms with Crippen LogP contribution in [-0.4, -0.2) is 86.1 Å². The number of piperazine rings is 1. The predicted octanol–water partition coefficient (Wildman–Crippen LogP) is 4.40. The van der Waals surface area contributed by atoms with Crippen molar-refractivity contribution < 1.29 is 5.11 Å². The maximum Gasteiger partial charge on any atom is 0.224 e. The number of aliphatic hydroxyl groups is 1. The molecule has 2 aromatic rings. The molecular weight excluding hydrogens is 474 g/mol. The molecule has 1 saturated heterocycles. The van der Waals surface area contributed by atoms with E-state index in [-0.39, 0.29) is 12.1 Å². The van der Waals surface area contributed by atoms with Crippen LogP contribution in [0.4, 0.5) is 5.95 Å². The van der Waals surface area contributed by atoms with Crippen molar-refractivity contribution in [3.8, 4) is 0 Å². The minimum Gasteiger partial charge on any atom is -0.393 e. The van der Waals surface area contributed by atoms with E-state index in [0.717, 1.165) is 67.7 Å². The van der Waals surface area contributed by atoms with Crippen molar-refractivity contribution in [3.63, 3.8) is 0 Å². The normalized spacial score (nSPS) is 28.3. The third-order valence-electron chi connectivity index (χ3n) is 9.88. The van der Waals surface area contributed by atoms with Gasteiger partial charge in [0.15, 0.2) is 5.65 Å². The standard InChI is InChI=1S/C30H43N7O/c1-35-16-18-36(19-17-35)30(13-14-30)23-6-4-22(5-7-23)27-26-20-32-29(31-15-12-21-2-3-21)33-28(26)37(34-27)24-8-10-25(38)11-9-24/h4,6,20-21,24-25,38H,2-3,5,7-19H2,1H3,(H,31,32,33). The summed E-state index contributed by atoms with van der Waals surface area (Å²) in [6.07, 6.45) is 18.8. The Morgan fingerprint density at radius 3 is 2.47 bits per heavy atom. The average Bonchev–Trinajstić information content (AvgIpc) is 3.88. The van der Waals surface area contributed by atoms with Gasteiger partial charge in [-0.25, -0.2) is 9.67 Å². The van der Waals surface area contributed by atoms with Crippen molar-refractivity contribution in [3.05, 3.63) is 29.6 Å². The van der Waals surface area contributed by atoms with E-state index < -0.39 is 0 Å². The number of hydrogen-bond donors (Lipinski definition) is 2. The smallest absolute Gasteiger partial charge is 0.224 e. The number of anilines is 1. The lowest BCUT2D eigenvalue weighted by Gasteiger charge is -2.40. The molecule has 0 unspecified atom stereocenters. The summed E-state index contributed by atoms with van der Waals surface area (Å²) < 4.78 is 2.16. The highest BCUT2D eigenvalue weighted by atomic mass is 16.3. The highest BCUT2D eigenvalue weighted by molar-refractivity contribution is 5.89. The molecule has 0 aromatic carbocycles. The summed E-state index contributed by atoms with van der Waals surface area (Å²) in [5.41, 5.74) is 5.24. The maximum atomic E-state index is 10.1. The van der Waals surface area contributed by atoms with Gasteiger partial charge in [-0.3, -0.25) is 4.90 Å². The SMILES string of the molecule is CN1CCN(C2(C3=CC=C(c4nn(C5CCC(O)CC5)c5nc(NCCC6CC6)ncc45)CC3)CC2)CC1. The first kappa shape index (κ1) is 24.7. The number of aliphatic hydroxyl groups excluding tert-OH is 1. The molecule has 3 heterocycles. The lowest BCUT2D eigenvalue weighted by atomic mass is 9.89. The molecule has 0 spiro atoms. The van der Waals surface area contributed by atoms with Crippen LogP contribution in [0, 0.1) is 5.92 Å². The second-order valence-electron chi connectivity index (χ2n) is 12.6. The van der Waals surface area contributed by atoms with Crippen LogP contribution in [0.15, 0.2) is 23.9 Å². The molecule has 1 aliphatic heterocycles.